The van der Waals surface area contributed by atoms with Crippen LogP contribution in [0.3, 0.4) is 0 Å². The van der Waals surface area contributed by atoms with E-state index < -0.39 is 0 Å². The molecule has 0 aliphatic heterocycles. The summed E-state index contributed by atoms with van der Waals surface area (Å²) in [7, 11) is 1.97. The topological polar surface area (TPSA) is 37.8 Å². The van der Waals surface area contributed by atoms with E-state index in [1.54, 1.807) is 0 Å². The molecule has 0 aliphatic carbocycles. The Balaban J connectivity index is 2.20. The summed E-state index contributed by atoms with van der Waals surface area (Å²) in [6, 6.07) is 6.34. The van der Waals surface area contributed by atoms with Crippen LogP contribution in [0.5, 0.6) is 0 Å². The molecule has 0 spiro atoms. The highest BCUT2D eigenvalue weighted by molar-refractivity contribution is 9.10. The molecule has 0 aromatic carbocycles. The number of aromatic nitrogens is 2. The molecular formula is C14H16BrN3. The highest BCUT2D eigenvalue weighted by atomic mass is 79.9. The monoisotopic (exact) mass is 305 g/mol. The second-order valence-corrected chi connectivity index (χ2v) is 5.16. The maximum absolute atomic E-state index is 4.41. The Morgan fingerprint density at radius 1 is 1.28 bits per heavy atom. The van der Waals surface area contributed by atoms with Crippen LogP contribution < -0.4 is 5.32 Å². The third-order valence-corrected chi connectivity index (χ3v) is 3.47. The third kappa shape index (κ3) is 3.15. The molecule has 1 N–H and O–H groups in total. The Morgan fingerprint density at radius 3 is 2.72 bits per heavy atom. The van der Waals surface area contributed by atoms with Crippen LogP contribution in [0, 0.1) is 6.92 Å². The molecule has 1 atom stereocenters. The first-order valence-corrected chi connectivity index (χ1v) is 6.68. The van der Waals surface area contributed by atoms with Gasteiger partial charge >= 0.3 is 0 Å². The summed E-state index contributed by atoms with van der Waals surface area (Å²) in [6.07, 6.45) is 6.44. The Morgan fingerprint density at radius 2 is 2.11 bits per heavy atom. The van der Waals surface area contributed by atoms with Gasteiger partial charge in [0.25, 0.3) is 0 Å². The minimum atomic E-state index is 0.243. The maximum atomic E-state index is 4.41. The Bertz CT molecular complexity index is 511. The van der Waals surface area contributed by atoms with Gasteiger partial charge in [-0.15, -0.1) is 0 Å². The van der Waals surface area contributed by atoms with Gasteiger partial charge in [0.2, 0.25) is 0 Å². The molecule has 18 heavy (non-hydrogen) atoms. The fourth-order valence-electron chi connectivity index (χ4n) is 1.94. The van der Waals surface area contributed by atoms with Gasteiger partial charge in [0, 0.05) is 41.2 Å². The fraction of sp³-hybridized carbons (Fsp3) is 0.286. The summed E-state index contributed by atoms with van der Waals surface area (Å²) >= 11 is 3.40. The van der Waals surface area contributed by atoms with E-state index in [1.807, 2.05) is 43.8 Å². The van der Waals surface area contributed by atoms with Gasteiger partial charge < -0.3 is 5.32 Å². The lowest BCUT2D eigenvalue weighted by molar-refractivity contribution is 0.579. The van der Waals surface area contributed by atoms with Crippen molar-refractivity contribution in [1.29, 1.82) is 0 Å². The zero-order valence-corrected chi connectivity index (χ0v) is 12.1. The lowest BCUT2D eigenvalue weighted by Crippen LogP contribution is -2.20. The molecule has 2 aromatic rings. The van der Waals surface area contributed by atoms with E-state index in [-0.39, 0.29) is 6.04 Å². The zero-order chi connectivity index (χ0) is 13.0. The van der Waals surface area contributed by atoms with Crippen LogP contribution in [0.25, 0.3) is 0 Å². The van der Waals surface area contributed by atoms with Crippen LogP contribution in [0.2, 0.25) is 0 Å². The van der Waals surface area contributed by atoms with Crippen molar-refractivity contribution in [2.24, 2.45) is 0 Å². The van der Waals surface area contributed by atoms with Gasteiger partial charge in [0.15, 0.2) is 0 Å². The number of aryl methyl sites for hydroxylation is 1. The molecule has 0 amide bonds. The zero-order valence-electron chi connectivity index (χ0n) is 10.5. The number of halogens is 1. The predicted molar refractivity (Wildman–Crippen MR) is 76.4 cm³/mol. The van der Waals surface area contributed by atoms with Crippen molar-refractivity contribution in [3.8, 4) is 0 Å². The van der Waals surface area contributed by atoms with Gasteiger partial charge in [-0.05, 0) is 59.2 Å². The van der Waals surface area contributed by atoms with Crippen LogP contribution in [0.4, 0.5) is 0 Å². The molecular weight excluding hydrogens is 290 g/mol. The Kier molecular flexibility index (Phi) is 4.44. The van der Waals surface area contributed by atoms with E-state index in [4.69, 9.17) is 0 Å². The standard InChI is InChI=1S/C14H16BrN3/c1-10-5-6-17-9-13(10)14(16-2)7-12-4-3-11(15)8-18-12/h3-6,8-9,14,16H,7H2,1-2H3. The summed E-state index contributed by atoms with van der Waals surface area (Å²) in [6.45, 7) is 2.11. The Labute approximate surface area is 116 Å². The van der Waals surface area contributed by atoms with E-state index in [9.17, 15) is 0 Å². The molecule has 2 heterocycles. The number of nitrogens with one attached hydrogen (secondary N) is 1. The molecule has 94 valence electrons. The number of hydrogen-bond donors (Lipinski definition) is 1. The minimum Gasteiger partial charge on any atom is -0.313 e. The van der Waals surface area contributed by atoms with Crippen molar-refractivity contribution in [1.82, 2.24) is 15.3 Å². The van der Waals surface area contributed by atoms with Crippen molar-refractivity contribution in [2.75, 3.05) is 7.05 Å². The molecule has 2 rings (SSSR count). The molecule has 0 aliphatic rings. The lowest BCUT2D eigenvalue weighted by Gasteiger charge is -2.18. The van der Waals surface area contributed by atoms with Gasteiger partial charge in [-0.2, -0.15) is 0 Å². The smallest absolute Gasteiger partial charge is 0.0423 e. The van der Waals surface area contributed by atoms with Gasteiger partial charge in [-0.25, -0.2) is 0 Å². The normalized spacial score (nSPS) is 12.4. The van der Waals surface area contributed by atoms with Crippen LogP contribution in [-0.4, -0.2) is 17.0 Å². The number of hydrogen-bond acceptors (Lipinski definition) is 3. The van der Waals surface area contributed by atoms with Gasteiger partial charge in [-0.3, -0.25) is 9.97 Å². The summed E-state index contributed by atoms with van der Waals surface area (Å²) in [5, 5.41) is 3.33. The van der Waals surface area contributed by atoms with Gasteiger partial charge in [0.05, 0.1) is 0 Å². The van der Waals surface area contributed by atoms with Gasteiger partial charge in [0.1, 0.15) is 0 Å². The fourth-order valence-corrected chi connectivity index (χ4v) is 2.18. The average Bonchev–Trinajstić information content (AvgIpc) is 2.39. The molecule has 0 fully saturated rings. The van der Waals surface area contributed by atoms with E-state index in [2.05, 4.69) is 38.1 Å². The maximum Gasteiger partial charge on any atom is 0.0423 e. The number of pyridine rings is 2. The number of rotatable bonds is 4. The molecule has 1 unspecified atom stereocenters. The molecule has 4 heteroatoms. The van der Waals surface area contributed by atoms with Gasteiger partial charge in [-0.1, -0.05) is 0 Å². The van der Waals surface area contributed by atoms with Crippen LogP contribution >= 0.6 is 15.9 Å². The second-order valence-electron chi connectivity index (χ2n) is 4.25. The van der Waals surface area contributed by atoms with Crippen LogP contribution in [0.15, 0.2) is 41.3 Å². The highest BCUT2D eigenvalue weighted by Gasteiger charge is 2.13. The first-order valence-electron chi connectivity index (χ1n) is 5.89. The SMILES string of the molecule is CNC(Cc1ccc(Br)cn1)c1cnccc1C. The Hall–Kier alpha value is -1.26. The van der Waals surface area contributed by atoms with Crippen molar-refractivity contribution in [2.45, 2.75) is 19.4 Å². The first-order chi connectivity index (χ1) is 8.70. The predicted octanol–water partition coefficient (Wildman–Crippen LogP) is 3.05. The summed E-state index contributed by atoms with van der Waals surface area (Å²) in [5.74, 6) is 0. The summed E-state index contributed by atoms with van der Waals surface area (Å²) in [4.78, 5) is 8.62. The van der Waals surface area contributed by atoms with E-state index in [0.29, 0.717) is 0 Å². The average molecular weight is 306 g/mol. The van der Waals surface area contributed by atoms with Crippen molar-refractivity contribution >= 4 is 15.9 Å². The third-order valence-electron chi connectivity index (χ3n) is 3.01. The largest absolute Gasteiger partial charge is 0.313 e. The number of nitrogens with zero attached hydrogens (tertiary/aromatic N) is 2. The molecule has 0 radical (unpaired) electrons. The molecule has 0 saturated heterocycles. The van der Waals surface area contributed by atoms with Crippen molar-refractivity contribution in [3.05, 3.63) is 58.1 Å². The second kappa shape index (κ2) is 6.07. The minimum absolute atomic E-state index is 0.243. The summed E-state index contributed by atoms with van der Waals surface area (Å²) < 4.78 is 1.00. The van der Waals surface area contributed by atoms with Crippen LogP contribution in [-0.2, 0) is 6.42 Å². The van der Waals surface area contributed by atoms with Crippen molar-refractivity contribution < 1.29 is 0 Å². The highest BCUT2D eigenvalue weighted by Crippen LogP contribution is 2.20. The quantitative estimate of drug-likeness (QED) is 0.943. The van der Waals surface area contributed by atoms with E-state index in [1.165, 1.54) is 11.1 Å². The molecule has 0 bridgehead atoms. The molecule has 0 saturated carbocycles. The summed E-state index contributed by atoms with van der Waals surface area (Å²) in [5.41, 5.74) is 3.55. The van der Waals surface area contributed by atoms with E-state index in [0.717, 1.165) is 16.6 Å². The lowest BCUT2D eigenvalue weighted by atomic mass is 9.99. The number of likely N-dealkylation sites (N-methyl/N-ethyl adjacent to an activating group) is 1. The molecule has 3 nitrogen and oxygen atoms in total. The molecule has 2 aromatic heterocycles. The van der Waals surface area contributed by atoms with Crippen molar-refractivity contribution in [3.63, 3.8) is 0 Å². The van der Waals surface area contributed by atoms with E-state index >= 15 is 0 Å². The van der Waals surface area contributed by atoms with Crippen LogP contribution in [0.1, 0.15) is 22.9 Å². The first kappa shape index (κ1) is 13.2.